The van der Waals surface area contributed by atoms with Gasteiger partial charge in [-0.15, -0.1) is 0 Å². The second kappa shape index (κ2) is 9.64. The summed E-state index contributed by atoms with van der Waals surface area (Å²) in [6, 6.07) is 14.2. The van der Waals surface area contributed by atoms with Gasteiger partial charge in [0.1, 0.15) is 5.82 Å². The van der Waals surface area contributed by atoms with E-state index >= 15 is 0 Å². The molecule has 0 fully saturated rings. The third-order valence-corrected chi connectivity index (χ3v) is 4.53. The van der Waals surface area contributed by atoms with E-state index in [1.54, 1.807) is 20.4 Å². The maximum Gasteiger partial charge on any atom is 0.221 e. The van der Waals surface area contributed by atoms with E-state index in [9.17, 15) is 0 Å². The Labute approximate surface area is 170 Å². The molecule has 4 N–H and O–H groups in total. The zero-order valence-corrected chi connectivity index (χ0v) is 16.7. The summed E-state index contributed by atoms with van der Waals surface area (Å²) in [5.74, 6) is 2.30. The van der Waals surface area contributed by atoms with E-state index in [1.807, 2.05) is 30.3 Å². The molecule has 3 aromatic rings. The van der Waals surface area contributed by atoms with Gasteiger partial charge >= 0.3 is 0 Å². The van der Waals surface area contributed by atoms with Crippen LogP contribution in [0.3, 0.4) is 0 Å². The minimum atomic E-state index is 0.154. The molecule has 0 bridgehead atoms. The van der Waals surface area contributed by atoms with Crippen molar-refractivity contribution in [2.75, 3.05) is 32.3 Å². The molecular formula is C22H26N4O3. The number of hydrogen-bond acceptors (Lipinski definition) is 7. The van der Waals surface area contributed by atoms with Crippen LogP contribution >= 0.6 is 0 Å². The van der Waals surface area contributed by atoms with Gasteiger partial charge in [0.2, 0.25) is 11.7 Å². The average molecular weight is 394 g/mol. The molecule has 1 heterocycles. The van der Waals surface area contributed by atoms with E-state index in [-0.39, 0.29) is 5.95 Å². The molecule has 7 heteroatoms. The molecule has 0 spiro atoms. The van der Waals surface area contributed by atoms with Crippen molar-refractivity contribution < 1.29 is 14.2 Å². The van der Waals surface area contributed by atoms with Gasteiger partial charge < -0.3 is 25.7 Å². The number of nitrogens with two attached hydrogens (primary N) is 2. The third-order valence-electron chi connectivity index (χ3n) is 4.53. The van der Waals surface area contributed by atoms with E-state index in [0.29, 0.717) is 36.1 Å². The predicted octanol–water partition coefficient (Wildman–Crippen LogP) is 3.26. The maximum absolute atomic E-state index is 6.03. The average Bonchev–Trinajstić information content (AvgIpc) is 2.73. The number of methoxy groups -OCH3 is 2. The topological polar surface area (TPSA) is 106 Å². The van der Waals surface area contributed by atoms with Crippen LogP contribution in [-0.2, 0) is 12.8 Å². The Balaban J connectivity index is 1.74. The third kappa shape index (κ3) is 5.28. The smallest absolute Gasteiger partial charge is 0.221 e. The van der Waals surface area contributed by atoms with Gasteiger partial charge in [0, 0.05) is 18.2 Å². The summed E-state index contributed by atoms with van der Waals surface area (Å²) in [7, 11) is 3.20. The lowest BCUT2D eigenvalue weighted by atomic mass is 10.1. The van der Waals surface area contributed by atoms with Crippen LogP contribution in [0.15, 0.2) is 48.7 Å². The molecule has 2 aromatic carbocycles. The SMILES string of the molecule is COc1cc(Cc2cnc(N)nc2N)cc(OCCCc2ccccc2)c1OC. The highest BCUT2D eigenvalue weighted by Gasteiger charge is 2.15. The highest BCUT2D eigenvalue weighted by atomic mass is 16.5. The quantitative estimate of drug-likeness (QED) is 0.537. The van der Waals surface area contributed by atoms with Gasteiger partial charge in [0.25, 0.3) is 0 Å². The van der Waals surface area contributed by atoms with Crippen molar-refractivity contribution in [2.24, 2.45) is 0 Å². The molecule has 0 aliphatic heterocycles. The number of hydrogen-bond donors (Lipinski definition) is 2. The predicted molar refractivity (Wildman–Crippen MR) is 113 cm³/mol. The molecule has 0 atom stereocenters. The van der Waals surface area contributed by atoms with Crippen LogP contribution in [-0.4, -0.2) is 30.8 Å². The minimum Gasteiger partial charge on any atom is -0.493 e. The summed E-state index contributed by atoms with van der Waals surface area (Å²) in [5, 5.41) is 0. The molecular weight excluding hydrogens is 368 g/mol. The Kier molecular flexibility index (Phi) is 6.73. The number of ether oxygens (including phenoxy) is 3. The normalized spacial score (nSPS) is 10.6. The van der Waals surface area contributed by atoms with Gasteiger partial charge in [0.05, 0.1) is 20.8 Å². The van der Waals surface area contributed by atoms with Crippen LogP contribution < -0.4 is 25.7 Å². The van der Waals surface area contributed by atoms with E-state index in [2.05, 4.69) is 22.1 Å². The first-order chi connectivity index (χ1) is 14.1. The number of rotatable bonds is 9. The van der Waals surface area contributed by atoms with Crippen LogP contribution in [0.4, 0.5) is 11.8 Å². The highest BCUT2D eigenvalue weighted by Crippen LogP contribution is 2.39. The maximum atomic E-state index is 6.03. The molecule has 0 aliphatic carbocycles. The van der Waals surface area contributed by atoms with Crippen molar-refractivity contribution in [2.45, 2.75) is 19.3 Å². The molecule has 3 rings (SSSR count). The number of anilines is 2. The molecule has 7 nitrogen and oxygen atoms in total. The van der Waals surface area contributed by atoms with Gasteiger partial charge in [0.15, 0.2) is 11.5 Å². The number of benzene rings is 2. The Morgan fingerprint density at radius 3 is 2.38 bits per heavy atom. The number of aromatic nitrogens is 2. The number of nitrogen functional groups attached to an aromatic ring is 2. The zero-order valence-electron chi connectivity index (χ0n) is 16.7. The molecule has 0 saturated heterocycles. The van der Waals surface area contributed by atoms with Gasteiger partial charge in [-0.3, -0.25) is 0 Å². The van der Waals surface area contributed by atoms with Crippen LogP contribution in [0.25, 0.3) is 0 Å². The summed E-state index contributed by atoms with van der Waals surface area (Å²) in [6.07, 6.45) is 3.99. The molecule has 29 heavy (non-hydrogen) atoms. The monoisotopic (exact) mass is 394 g/mol. The molecule has 152 valence electrons. The second-order valence-corrected chi connectivity index (χ2v) is 6.58. The molecule has 0 radical (unpaired) electrons. The lowest BCUT2D eigenvalue weighted by Gasteiger charge is -2.16. The lowest BCUT2D eigenvalue weighted by molar-refractivity contribution is 0.279. The van der Waals surface area contributed by atoms with Gasteiger partial charge in [-0.05, 0) is 36.1 Å². The zero-order chi connectivity index (χ0) is 20.6. The fourth-order valence-corrected chi connectivity index (χ4v) is 3.09. The summed E-state index contributed by atoms with van der Waals surface area (Å²) >= 11 is 0. The van der Waals surface area contributed by atoms with Gasteiger partial charge in [-0.1, -0.05) is 30.3 Å². The summed E-state index contributed by atoms with van der Waals surface area (Å²) in [5.41, 5.74) is 14.6. The summed E-state index contributed by atoms with van der Waals surface area (Å²) in [6.45, 7) is 0.560. The Bertz CT molecular complexity index is 948. The van der Waals surface area contributed by atoms with E-state index in [1.165, 1.54) is 5.56 Å². The first kappa shape index (κ1) is 20.3. The largest absolute Gasteiger partial charge is 0.493 e. The fourth-order valence-electron chi connectivity index (χ4n) is 3.09. The number of aryl methyl sites for hydroxylation is 1. The highest BCUT2D eigenvalue weighted by molar-refractivity contribution is 5.55. The van der Waals surface area contributed by atoms with Crippen LogP contribution in [0.2, 0.25) is 0 Å². The Morgan fingerprint density at radius 1 is 0.931 bits per heavy atom. The van der Waals surface area contributed by atoms with Gasteiger partial charge in [-0.2, -0.15) is 4.98 Å². The van der Waals surface area contributed by atoms with Gasteiger partial charge in [-0.25, -0.2) is 4.98 Å². The molecule has 0 saturated carbocycles. The van der Waals surface area contributed by atoms with E-state index < -0.39 is 0 Å². The molecule has 0 aliphatic rings. The first-order valence-corrected chi connectivity index (χ1v) is 9.39. The van der Waals surface area contributed by atoms with E-state index in [4.69, 9.17) is 25.7 Å². The molecule has 0 amide bonds. The minimum absolute atomic E-state index is 0.154. The Hall–Kier alpha value is -3.48. The first-order valence-electron chi connectivity index (χ1n) is 9.39. The van der Waals surface area contributed by atoms with Crippen molar-refractivity contribution in [3.63, 3.8) is 0 Å². The molecule has 0 unspecified atom stereocenters. The molecule has 1 aromatic heterocycles. The number of nitrogens with zero attached hydrogens (tertiary/aromatic N) is 2. The second-order valence-electron chi connectivity index (χ2n) is 6.58. The van der Waals surface area contributed by atoms with Crippen LogP contribution in [0, 0.1) is 0 Å². The standard InChI is InChI=1S/C22H26N4O3/c1-27-18-12-16(11-17-14-25-22(24)26-21(17)23)13-19(20(18)28-2)29-10-6-9-15-7-4-3-5-8-15/h3-5,7-8,12-14H,6,9-11H2,1-2H3,(H4,23,24,25,26). The van der Waals surface area contributed by atoms with E-state index in [0.717, 1.165) is 24.0 Å². The van der Waals surface area contributed by atoms with Crippen LogP contribution in [0.1, 0.15) is 23.1 Å². The van der Waals surface area contributed by atoms with Crippen molar-refractivity contribution in [1.29, 1.82) is 0 Å². The van der Waals surface area contributed by atoms with Crippen molar-refractivity contribution >= 4 is 11.8 Å². The fraction of sp³-hybridized carbons (Fsp3) is 0.273. The summed E-state index contributed by atoms with van der Waals surface area (Å²) < 4.78 is 17.0. The lowest BCUT2D eigenvalue weighted by Crippen LogP contribution is -2.05. The van der Waals surface area contributed by atoms with Crippen molar-refractivity contribution in [3.05, 3.63) is 65.4 Å². The summed E-state index contributed by atoms with van der Waals surface area (Å²) in [4.78, 5) is 8.04. The van der Waals surface area contributed by atoms with Crippen molar-refractivity contribution in [3.8, 4) is 17.2 Å². The van der Waals surface area contributed by atoms with Crippen LogP contribution in [0.5, 0.6) is 17.2 Å². The Morgan fingerprint density at radius 2 is 1.69 bits per heavy atom. The van der Waals surface area contributed by atoms with Crippen molar-refractivity contribution in [1.82, 2.24) is 9.97 Å².